The van der Waals surface area contributed by atoms with Crippen LogP contribution in [0.15, 0.2) is 29.7 Å². The molecular weight excluding hydrogens is 300 g/mol. The molecule has 1 N–H and O–H groups in total. The third-order valence-corrected chi connectivity index (χ3v) is 4.24. The minimum Gasteiger partial charge on any atom is -0.459 e. The second-order valence-electron chi connectivity index (χ2n) is 6.06. The van der Waals surface area contributed by atoms with Gasteiger partial charge in [-0.15, -0.1) is 0 Å². The summed E-state index contributed by atoms with van der Waals surface area (Å²) in [6, 6.07) is 0.399. The largest absolute Gasteiger partial charge is 0.459 e. The number of aromatic nitrogens is 2. The Hall–Kier alpha value is -1.98. The van der Waals surface area contributed by atoms with E-state index in [2.05, 4.69) is 15.3 Å². The molecule has 124 valence electrons. The van der Waals surface area contributed by atoms with Crippen molar-refractivity contribution in [2.75, 3.05) is 11.9 Å². The van der Waals surface area contributed by atoms with Gasteiger partial charge in [0, 0.05) is 12.5 Å². The zero-order valence-corrected chi connectivity index (χ0v) is 13.0. The topological polar surface area (TPSA) is 47.0 Å². The normalized spacial score (nSPS) is 19.0. The number of halogens is 2. The van der Waals surface area contributed by atoms with E-state index in [1.165, 1.54) is 12.5 Å². The molecule has 1 aromatic heterocycles. The van der Waals surface area contributed by atoms with Crippen LogP contribution in [-0.2, 0) is 0 Å². The minimum atomic E-state index is -0.468. The zero-order valence-electron chi connectivity index (χ0n) is 13.0. The zero-order chi connectivity index (χ0) is 16.1. The van der Waals surface area contributed by atoms with Crippen LogP contribution in [0.5, 0.6) is 6.01 Å². The van der Waals surface area contributed by atoms with Crippen molar-refractivity contribution in [2.45, 2.75) is 51.0 Å². The maximum absolute atomic E-state index is 13.9. The molecule has 0 radical (unpaired) electrons. The van der Waals surface area contributed by atoms with E-state index in [1.54, 1.807) is 6.08 Å². The van der Waals surface area contributed by atoms with Gasteiger partial charge in [0.05, 0.1) is 6.20 Å². The van der Waals surface area contributed by atoms with Gasteiger partial charge in [-0.1, -0.05) is 25.3 Å². The Kier molecular flexibility index (Phi) is 5.20. The van der Waals surface area contributed by atoms with E-state index in [4.69, 9.17) is 4.74 Å². The molecule has 0 atom stereocenters. The van der Waals surface area contributed by atoms with Crippen molar-refractivity contribution in [3.05, 3.63) is 35.6 Å². The van der Waals surface area contributed by atoms with E-state index in [-0.39, 0.29) is 30.3 Å². The van der Waals surface area contributed by atoms with Crippen molar-refractivity contribution in [3.8, 4) is 6.01 Å². The Balaban J connectivity index is 1.60. The molecule has 4 nitrogen and oxygen atoms in total. The van der Waals surface area contributed by atoms with Crippen LogP contribution in [0.1, 0.15) is 44.9 Å². The third kappa shape index (κ3) is 4.50. The maximum atomic E-state index is 13.9. The average molecular weight is 321 g/mol. The van der Waals surface area contributed by atoms with Gasteiger partial charge in [0.15, 0.2) is 11.6 Å². The van der Waals surface area contributed by atoms with Crippen LogP contribution >= 0.6 is 0 Å². The fourth-order valence-electron chi connectivity index (χ4n) is 2.89. The summed E-state index contributed by atoms with van der Waals surface area (Å²) in [5.74, 6) is -0.388. The summed E-state index contributed by atoms with van der Waals surface area (Å²) in [6.07, 6.45) is 10.9. The van der Waals surface area contributed by atoms with Gasteiger partial charge in [0.2, 0.25) is 0 Å². The lowest BCUT2D eigenvalue weighted by atomic mass is 9.95. The first-order valence-electron chi connectivity index (χ1n) is 8.16. The highest BCUT2D eigenvalue weighted by molar-refractivity contribution is 5.37. The molecule has 0 saturated heterocycles. The summed E-state index contributed by atoms with van der Waals surface area (Å²) in [5, 5.41) is 3.15. The highest BCUT2D eigenvalue weighted by Gasteiger charge is 2.17. The lowest BCUT2D eigenvalue weighted by Gasteiger charge is -2.23. The molecule has 1 fully saturated rings. The molecule has 2 aliphatic rings. The summed E-state index contributed by atoms with van der Waals surface area (Å²) in [6.45, 7) is 0.290. The van der Waals surface area contributed by atoms with Crippen LogP contribution in [0, 0.1) is 5.82 Å². The van der Waals surface area contributed by atoms with Gasteiger partial charge in [-0.25, -0.2) is 13.8 Å². The fraction of sp³-hybridized carbons (Fsp3) is 0.529. The number of hydrogen-bond donors (Lipinski definition) is 1. The van der Waals surface area contributed by atoms with Gasteiger partial charge < -0.3 is 10.1 Å². The van der Waals surface area contributed by atoms with Crippen molar-refractivity contribution in [3.63, 3.8) is 0 Å². The highest BCUT2D eigenvalue weighted by Crippen LogP contribution is 2.23. The second-order valence-corrected chi connectivity index (χ2v) is 6.06. The van der Waals surface area contributed by atoms with E-state index in [9.17, 15) is 8.78 Å². The van der Waals surface area contributed by atoms with E-state index >= 15 is 0 Å². The molecule has 3 rings (SSSR count). The predicted molar refractivity (Wildman–Crippen MR) is 84.5 cm³/mol. The third-order valence-electron chi connectivity index (χ3n) is 4.24. The second kappa shape index (κ2) is 7.53. The van der Waals surface area contributed by atoms with E-state index in [0.717, 1.165) is 37.5 Å². The van der Waals surface area contributed by atoms with Gasteiger partial charge in [0.1, 0.15) is 12.4 Å². The maximum Gasteiger partial charge on any atom is 0.318 e. The molecular formula is C17H21F2N3O. The minimum absolute atomic E-state index is 0.120. The Morgan fingerprint density at radius 1 is 1.13 bits per heavy atom. The molecule has 6 heteroatoms. The summed E-state index contributed by atoms with van der Waals surface area (Å²) in [5.41, 5.74) is 0.973. The van der Waals surface area contributed by atoms with Crippen LogP contribution in [0.25, 0.3) is 0 Å². The van der Waals surface area contributed by atoms with E-state index in [1.807, 2.05) is 0 Å². The van der Waals surface area contributed by atoms with Crippen molar-refractivity contribution < 1.29 is 13.5 Å². The first kappa shape index (κ1) is 15.9. The Morgan fingerprint density at radius 3 is 2.70 bits per heavy atom. The first-order chi connectivity index (χ1) is 11.2. The van der Waals surface area contributed by atoms with Crippen molar-refractivity contribution >= 4 is 5.82 Å². The highest BCUT2D eigenvalue weighted by atomic mass is 19.1. The lowest BCUT2D eigenvalue weighted by Crippen LogP contribution is -2.23. The monoisotopic (exact) mass is 321 g/mol. The average Bonchev–Trinajstić information content (AvgIpc) is 2.58. The van der Waals surface area contributed by atoms with Gasteiger partial charge in [-0.3, -0.25) is 0 Å². The Bertz CT molecular complexity index is 610. The summed E-state index contributed by atoms with van der Waals surface area (Å²) in [7, 11) is 0. The predicted octanol–water partition coefficient (Wildman–Crippen LogP) is 4.31. The molecule has 0 aromatic carbocycles. The summed E-state index contributed by atoms with van der Waals surface area (Å²) in [4.78, 5) is 8.00. The molecule has 2 aliphatic carbocycles. The number of nitrogens with zero attached hydrogens (tertiary/aromatic N) is 2. The molecule has 0 amide bonds. The summed E-state index contributed by atoms with van der Waals surface area (Å²) >= 11 is 0. The van der Waals surface area contributed by atoms with Crippen LogP contribution in [0.2, 0.25) is 0 Å². The quantitative estimate of drug-likeness (QED) is 0.878. The number of anilines is 1. The summed E-state index contributed by atoms with van der Waals surface area (Å²) < 4.78 is 32.3. The van der Waals surface area contributed by atoms with Crippen molar-refractivity contribution in [1.29, 1.82) is 0 Å². The molecule has 1 heterocycles. The lowest BCUT2D eigenvalue weighted by molar-refractivity contribution is 0.316. The van der Waals surface area contributed by atoms with Crippen LogP contribution in [0.4, 0.5) is 14.6 Å². The molecule has 0 spiro atoms. The SMILES string of the molecule is FC1=CC=C(COc2ncc(F)c(NC3CCCCC3)n2)CC1. The van der Waals surface area contributed by atoms with Gasteiger partial charge in [-0.2, -0.15) is 4.98 Å². The number of hydrogen-bond acceptors (Lipinski definition) is 4. The van der Waals surface area contributed by atoms with Gasteiger partial charge in [0.25, 0.3) is 0 Å². The number of rotatable bonds is 5. The Labute approximate surface area is 134 Å². The molecule has 0 aliphatic heterocycles. The standard InChI is InChI=1S/C17H21F2N3O/c18-13-8-6-12(7-9-13)11-23-17-20-10-15(19)16(22-17)21-14-4-2-1-3-5-14/h6,8,10,14H,1-5,7,9,11H2,(H,20,21,22). The number of ether oxygens (including phenoxy) is 1. The van der Waals surface area contributed by atoms with Crippen molar-refractivity contribution in [1.82, 2.24) is 9.97 Å². The van der Waals surface area contributed by atoms with Crippen molar-refractivity contribution in [2.24, 2.45) is 0 Å². The Morgan fingerprint density at radius 2 is 1.96 bits per heavy atom. The molecule has 1 saturated carbocycles. The van der Waals surface area contributed by atoms with Crippen LogP contribution in [-0.4, -0.2) is 22.6 Å². The molecule has 23 heavy (non-hydrogen) atoms. The van der Waals surface area contributed by atoms with Crippen LogP contribution < -0.4 is 10.1 Å². The number of nitrogens with one attached hydrogen (secondary N) is 1. The smallest absolute Gasteiger partial charge is 0.318 e. The first-order valence-corrected chi connectivity index (χ1v) is 8.16. The molecule has 0 unspecified atom stereocenters. The van der Waals surface area contributed by atoms with E-state index < -0.39 is 5.82 Å². The van der Waals surface area contributed by atoms with E-state index in [0.29, 0.717) is 12.8 Å². The molecule has 0 bridgehead atoms. The fourth-order valence-corrected chi connectivity index (χ4v) is 2.89. The van der Waals surface area contributed by atoms with Crippen LogP contribution in [0.3, 0.4) is 0 Å². The van der Waals surface area contributed by atoms with Gasteiger partial charge >= 0.3 is 6.01 Å². The molecule has 1 aromatic rings. The van der Waals surface area contributed by atoms with Gasteiger partial charge in [-0.05, 0) is 30.9 Å². The number of allylic oxidation sites excluding steroid dienone is 3.